The third-order valence-electron chi connectivity index (χ3n) is 2.65. The van der Waals surface area contributed by atoms with Crippen LogP contribution in [0, 0.1) is 15.3 Å². The molecule has 0 saturated heterocycles. The van der Waals surface area contributed by atoms with Crippen LogP contribution in [0.1, 0.15) is 11.1 Å². The first-order valence-corrected chi connectivity index (χ1v) is 6.17. The van der Waals surface area contributed by atoms with Crippen LogP contribution in [0.25, 0.3) is 12.2 Å². The Morgan fingerprint density at radius 1 is 1.33 bits per heavy atom. The van der Waals surface area contributed by atoms with Gasteiger partial charge in [0.1, 0.15) is 5.56 Å². The molecule has 0 unspecified atom stereocenters. The van der Waals surface area contributed by atoms with Gasteiger partial charge >= 0.3 is 16.7 Å². The van der Waals surface area contributed by atoms with E-state index in [1.54, 1.807) is 18.2 Å². The summed E-state index contributed by atoms with van der Waals surface area (Å²) in [6.07, 6.45) is 2.99. The minimum Gasteiger partial charge on any atom is -0.593 e. The predicted molar refractivity (Wildman–Crippen MR) is 76.8 cm³/mol. The first-order chi connectivity index (χ1) is 10.0. The molecule has 0 fully saturated rings. The van der Waals surface area contributed by atoms with Crippen molar-refractivity contribution in [3.63, 3.8) is 0 Å². The molecule has 2 aromatic rings. The zero-order valence-electron chi connectivity index (χ0n) is 10.9. The lowest BCUT2D eigenvalue weighted by Crippen LogP contribution is -2.34. The smallest absolute Gasteiger partial charge is 0.360 e. The molecule has 0 aliphatic rings. The number of nitro groups is 1. The molecule has 0 aliphatic heterocycles. The highest BCUT2D eigenvalue weighted by Crippen LogP contribution is 2.32. The van der Waals surface area contributed by atoms with Gasteiger partial charge in [0.25, 0.3) is 0 Å². The van der Waals surface area contributed by atoms with Gasteiger partial charge in [-0.25, -0.2) is 0 Å². The fourth-order valence-electron chi connectivity index (χ4n) is 1.70. The van der Waals surface area contributed by atoms with E-state index in [9.17, 15) is 15.3 Å². The van der Waals surface area contributed by atoms with Gasteiger partial charge in [0.2, 0.25) is 0 Å². The number of aromatic nitrogens is 2. The number of benzene rings is 1. The van der Waals surface area contributed by atoms with Crippen LogP contribution in [0.3, 0.4) is 0 Å². The molecule has 0 saturated carbocycles. The Balaban J connectivity index is 2.58. The van der Waals surface area contributed by atoms with Gasteiger partial charge in [0, 0.05) is 0 Å². The first-order valence-electron chi connectivity index (χ1n) is 5.79. The van der Waals surface area contributed by atoms with Crippen LogP contribution in [0.2, 0.25) is 5.15 Å². The second-order valence-corrected chi connectivity index (χ2v) is 4.29. The lowest BCUT2D eigenvalue weighted by molar-refractivity contribution is -0.668. The van der Waals surface area contributed by atoms with Crippen LogP contribution in [-0.2, 0) is 0 Å². The Morgan fingerprint density at radius 2 is 2.00 bits per heavy atom. The van der Waals surface area contributed by atoms with Crippen LogP contribution in [-0.4, -0.2) is 17.1 Å². The summed E-state index contributed by atoms with van der Waals surface area (Å²) in [5.74, 6) is -0.396. The van der Waals surface area contributed by atoms with E-state index in [1.807, 2.05) is 18.2 Å². The van der Waals surface area contributed by atoms with E-state index in [-0.39, 0.29) is 10.4 Å². The molecule has 0 spiro atoms. The molecular weight excluding hydrogens is 298 g/mol. The van der Waals surface area contributed by atoms with Crippen molar-refractivity contribution in [2.24, 2.45) is 0 Å². The van der Waals surface area contributed by atoms with Crippen LogP contribution in [0.15, 0.2) is 30.3 Å². The van der Waals surface area contributed by atoms with Gasteiger partial charge < -0.3 is 9.94 Å². The van der Waals surface area contributed by atoms with Crippen molar-refractivity contribution < 1.29 is 14.5 Å². The Labute approximate surface area is 124 Å². The standard InChI is InChI=1S/C13H10ClN3O4/c1-21-13-11(17(19)20)10(12(14)16(18)15-13)8-7-9-5-3-2-4-6-9/h2-8H,1H3/b8-7-. The quantitative estimate of drug-likeness (QED) is 0.374. The molecule has 8 heteroatoms. The number of hydrogen-bond donors (Lipinski definition) is 0. The average Bonchev–Trinajstić information content (AvgIpc) is 2.48. The number of nitrogens with zero attached hydrogens (tertiary/aromatic N) is 3. The van der Waals surface area contributed by atoms with E-state index in [2.05, 4.69) is 5.10 Å². The minimum atomic E-state index is -0.692. The van der Waals surface area contributed by atoms with Crippen molar-refractivity contribution in [1.29, 1.82) is 0 Å². The molecule has 21 heavy (non-hydrogen) atoms. The molecule has 0 N–H and O–H groups in total. The van der Waals surface area contributed by atoms with Gasteiger partial charge in [-0.05, 0) is 28.1 Å². The first kappa shape index (κ1) is 14.7. The summed E-state index contributed by atoms with van der Waals surface area (Å²) in [5, 5.41) is 25.7. The van der Waals surface area contributed by atoms with Crippen LogP contribution < -0.4 is 9.58 Å². The monoisotopic (exact) mass is 307 g/mol. The summed E-state index contributed by atoms with van der Waals surface area (Å²) in [6.45, 7) is 0. The fraction of sp³-hybridized carbons (Fsp3) is 0.0769. The van der Waals surface area contributed by atoms with Gasteiger partial charge in [0.05, 0.1) is 17.1 Å². The third-order valence-corrected chi connectivity index (χ3v) is 3.00. The Hall–Kier alpha value is -2.67. The van der Waals surface area contributed by atoms with Crippen LogP contribution in [0.4, 0.5) is 5.69 Å². The number of rotatable bonds is 4. The number of halogens is 1. The normalized spacial score (nSPS) is 10.8. The van der Waals surface area contributed by atoms with Gasteiger partial charge in [-0.2, -0.15) is 0 Å². The number of methoxy groups -OCH3 is 1. The number of ether oxygens (including phenoxy) is 1. The van der Waals surface area contributed by atoms with Gasteiger partial charge in [-0.1, -0.05) is 36.4 Å². The van der Waals surface area contributed by atoms with E-state index in [0.717, 1.165) is 5.56 Å². The highest BCUT2D eigenvalue weighted by atomic mass is 35.5. The SMILES string of the molecule is COc1n[n+]([O-])c(Cl)c(/C=C\c2ccccc2)c1[N+](=O)[O-]. The maximum Gasteiger partial charge on any atom is 0.360 e. The topological polar surface area (TPSA) is 92.2 Å². The lowest BCUT2D eigenvalue weighted by atomic mass is 10.1. The third kappa shape index (κ3) is 3.09. The van der Waals surface area contributed by atoms with Crippen molar-refractivity contribution in [2.45, 2.75) is 0 Å². The molecule has 7 nitrogen and oxygen atoms in total. The highest BCUT2D eigenvalue weighted by Gasteiger charge is 2.30. The van der Waals surface area contributed by atoms with Crippen molar-refractivity contribution in [3.8, 4) is 5.88 Å². The molecule has 0 amide bonds. The van der Waals surface area contributed by atoms with E-state index in [4.69, 9.17) is 16.3 Å². The molecule has 0 bridgehead atoms. The molecule has 108 valence electrons. The summed E-state index contributed by atoms with van der Waals surface area (Å²) >= 11 is 5.81. The predicted octanol–water partition coefficient (Wildman–Crippen LogP) is 2.46. The van der Waals surface area contributed by atoms with Gasteiger partial charge in [-0.3, -0.25) is 10.1 Å². The molecule has 1 aromatic heterocycles. The zero-order chi connectivity index (χ0) is 15.4. The van der Waals surface area contributed by atoms with Crippen molar-refractivity contribution in [1.82, 2.24) is 5.10 Å². The van der Waals surface area contributed by atoms with Crippen LogP contribution >= 0.6 is 11.6 Å². The van der Waals surface area contributed by atoms with Crippen molar-refractivity contribution in [3.05, 3.63) is 61.9 Å². The number of hydrogen-bond acceptors (Lipinski definition) is 5. The second kappa shape index (κ2) is 6.19. The molecule has 0 atom stereocenters. The maximum absolute atomic E-state index is 11.5. The summed E-state index contributed by atoms with van der Waals surface area (Å²) in [5.41, 5.74) is 0.283. The lowest BCUT2D eigenvalue weighted by Gasteiger charge is -2.04. The maximum atomic E-state index is 11.5. The van der Waals surface area contributed by atoms with E-state index >= 15 is 0 Å². The molecular formula is C13H10ClN3O4. The summed E-state index contributed by atoms with van der Waals surface area (Å²) in [6, 6.07) is 9.08. The Kier molecular flexibility index (Phi) is 4.34. The Bertz CT molecular complexity index is 704. The van der Waals surface area contributed by atoms with E-state index in [1.165, 1.54) is 13.2 Å². The van der Waals surface area contributed by atoms with Crippen molar-refractivity contribution >= 4 is 29.4 Å². The fourth-order valence-corrected chi connectivity index (χ4v) is 1.89. The summed E-state index contributed by atoms with van der Waals surface area (Å²) in [7, 11) is 1.19. The molecule has 1 heterocycles. The van der Waals surface area contributed by atoms with E-state index in [0.29, 0.717) is 0 Å². The minimum absolute atomic E-state index is 0.0626. The van der Waals surface area contributed by atoms with Gasteiger partial charge in [0.15, 0.2) is 0 Å². The zero-order valence-corrected chi connectivity index (χ0v) is 11.6. The molecule has 2 rings (SSSR count). The van der Waals surface area contributed by atoms with Crippen LogP contribution in [0.5, 0.6) is 5.88 Å². The van der Waals surface area contributed by atoms with Gasteiger partial charge in [-0.15, -0.1) is 0 Å². The van der Waals surface area contributed by atoms with E-state index < -0.39 is 21.6 Å². The molecule has 0 radical (unpaired) electrons. The average molecular weight is 308 g/mol. The van der Waals surface area contributed by atoms with Crippen molar-refractivity contribution in [2.75, 3.05) is 7.11 Å². The molecule has 0 aliphatic carbocycles. The Morgan fingerprint density at radius 3 is 2.57 bits per heavy atom. The second-order valence-electron chi connectivity index (χ2n) is 3.94. The molecule has 1 aromatic carbocycles. The summed E-state index contributed by atoms with van der Waals surface area (Å²) < 4.78 is 4.77. The largest absolute Gasteiger partial charge is 0.593 e. The highest BCUT2D eigenvalue weighted by molar-refractivity contribution is 6.30. The summed E-state index contributed by atoms with van der Waals surface area (Å²) in [4.78, 5) is 10.5.